The van der Waals surface area contributed by atoms with E-state index in [2.05, 4.69) is 34.6 Å². The van der Waals surface area contributed by atoms with E-state index >= 15 is 0 Å². The Morgan fingerprint density at radius 3 is 2.33 bits per heavy atom. The zero-order valence-corrected chi connectivity index (χ0v) is 10.4. The van der Waals surface area contributed by atoms with Gasteiger partial charge in [0.15, 0.2) is 0 Å². The fourth-order valence-electron chi connectivity index (χ4n) is 0.787. The van der Waals surface area contributed by atoms with E-state index in [1.807, 2.05) is 23.5 Å². The largest absolute Gasteiger partial charge is 0.148 e. The highest BCUT2D eigenvalue weighted by molar-refractivity contribution is 8.17. The van der Waals surface area contributed by atoms with Crippen LogP contribution in [0.2, 0.25) is 0 Å². The highest BCUT2D eigenvalue weighted by Gasteiger charge is 2.15. The molecule has 0 amide bonds. The molecule has 0 saturated carbocycles. The molecule has 1 atom stereocenters. The zero-order chi connectivity index (χ0) is 9.61. The van der Waals surface area contributed by atoms with Crippen molar-refractivity contribution in [3.8, 4) is 0 Å². The van der Waals surface area contributed by atoms with Crippen LogP contribution in [0.1, 0.15) is 40.5 Å². The maximum atomic E-state index is 4.12. The van der Waals surface area contributed by atoms with Crippen molar-refractivity contribution in [2.45, 2.75) is 49.9 Å². The lowest BCUT2D eigenvalue weighted by atomic mass is 10.3. The van der Waals surface area contributed by atoms with Crippen LogP contribution in [0.3, 0.4) is 0 Å². The topological polar surface area (TPSA) is 0 Å². The molecule has 1 unspecified atom stereocenters. The molecule has 0 aliphatic carbocycles. The first-order valence-corrected chi connectivity index (χ1v) is 6.51. The fourth-order valence-corrected chi connectivity index (χ4v) is 3.72. The summed E-state index contributed by atoms with van der Waals surface area (Å²) >= 11 is 3.94. The van der Waals surface area contributed by atoms with Gasteiger partial charge in [0.2, 0.25) is 0 Å². The number of hydrogen-bond donors (Lipinski definition) is 0. The minimum atomic E-state index is 0.353. The minimum Gasteiger partial charge on any atom is -0.148 e. The minimum absolute atomic E-state index is 0.353. The lowest BCUT2D eigenvalue weighted by Crippen LogP contribution is -2.11. The van der Waals surface area contributed by atoms with E-state index in [4.69, 9.17) is 0 Å². The van der Waals surface area contributed by atoms with E-state index in [1.165, 1.54) is 18.6 Å². The molecule has 12 heavy (non-hydrogen) atoms. The van der Waals surface area contributed by atoms with Gasteiger partial charge in [0.25, 0.3) is 0 Å². The third-order valence-corrected chi connectivity index (χ3v) is 3.85. The molecule has 0 N–H and O–H groups in total. The van der Waals surface area contributed by atoms with Crippen LogP contribution in [0, 0.1) is 6.92 Å². The van der Waals surface area contributed by atoms with Gasteiger partial charge in [-0.15, -0.1) is 23.5 Å². The van der Waals surface area contributed by atoms with E-state index < -0.39 is 0 Å². The molecule has 0 aromatic heterocycles. The van der Waals surface area contributed by atoms with Crippen molar-refractivity contribution < 1.29 is 0 Å². The molecule has 0 spiro atoms. The molecule has 0 nitrogen and oxygen atoms in total. The standard InChI is InChI=1S/C10H21S2/c1-6-7-8-11-9(2)12-10(3,4)5/h9H,2,6-8H2,1,3-5H3. The Bertz CT molecular complexity index is 105. The van der Waals surface area contributed by atoms with Gasteiger partial charge in [0, 0.05) is 4.75 Å². The van der Waals surface area contributed by atoms with E-state index in [9.17, 15) is 0 Å². The number of hydrogen-bond acceptors (Lipinski definition) is 2. The van der Waals surface area contributed by atoms with Gasteiger partial charge in [-0.25, -0.2) is 0 Å². The van der Waals surface area contributed by atoms with Gasteiger partial charge in [0.1, 0.15) is 0 Å². The van der Waals surface area contributed by atoms with Gasteiger partial charge >= 0.3 is 0 Å². The first kappa shape index (κ1) is 12.7. The van der Waals surface area contributed by atoms with Crippen LogP contribution in [-0.4, -0.2) is 15.1 Å². The van der Waals surface area contributed by atoms with Crippen molar-refractivity contribution >= 4 is 23.5 Å². The van der Waals surface area contributed by atoms with E-state index in [1.54, 1.807) is 0 Å². The summed E-state index contributed by atoms with van der Waals surface area (Å²) in [6.45, 7) is 13.1. The molecule has 0 aliphatic heterocycles. The number of rotatable bonds is 5. The molecule has 2 heteroatoms. The lowest BCUT2D eigenvalue weighted by molar-refractivity contribution is 0.803. The van der Waals surface area contributed by atoms with Gasteiger partial charge in [-0.2, -0.15) is 0 Å². The summed E-state index contributed by atoms with van der Waals surface area (Å²) < 4.78 is 0.850. The Balaban J connectivity index is 3.40. The Morgan fingerprint density at radius 2 is 1.92 bits per heavy atom. The smallest absolute Gasteiger partial charge is 0.0508 e. The Kier molecular flexibility index (Phi) is 6.56. The second-order valence-corrected chi connectivity index (χ2v) is 7.52. The molecule has 0 aromatic carbocycles. The second kappa shape index (κ2) is 6.20. The van der Waals surface area contributed by atoms with Crippen LogP contribution in [0.5, 0.6) is 0 Å². The first-order valence-electron chi connectivity index (χ1n) is 4.58. The summed E-state index contributed by atoms with van der Waals surface area (Å²) in [6, 6.07) is 0. The van der Waals surface area contributed by atoms with Gasteiger partial charge < -0.3 is 0 Å². The zero-order valence-electron chi connectivity index (χ0n) is 8.72. The van der Waals surface area contributed by atoms with Crippen molar-refractivity contribution in [1.82, 2.24) is 0 Å². The lowest BCUT2D eigenvalue weighted by Gasteiger charge is -2.22. The van der Waals surface area contributed by atoms with Crippen LogP contribution >= 0.6 is 23.5 Å². The summed E-state index contributed by atoms with van der Waals surface area (Å²) in [4.78, 5) is 0. The van der Waals surface area contributed by atoms with E-state index in [-0.39, 0.29) is 0 Å². The molecule has 0 aromatic rings. The predicted octanol–water partition coefficient (Wildman–Crippen LogP) is 4.21. The van der Waals surface area contributed by atoms with Crippen molar-refractivity contribution in [2.24, 2.45) is 0 Å². The summed E-state index contributed by atoms with van der Waals surface area (Å²) in [5.74, 6) is 1.26. The number of unbranched alkanes of at least 4 members (excludes halogenated alkanes) is 1. The number of thioether (sulfide) groups is 2. The van der Waals surface area contributed by atoms with E-state index in [0.29, 0.717) is 9.33 Å². The maximum absolute atomic E-state index is 4.12. The predicted molar refractivity (Wildman–Crippen MR) is 63.9 cm³/mol. The molecule has 1 radical (unpaired) electrons. The van der Waals surface area contributed by atoms with Crippen molar-refractivity contribution in [3.63, 3.8) is 0 Å². The second-order valence-electron chi connectivity index (χ2n) is 3.88. The van der Waals surface area contributed by atoms with Crippen LogP contribution in [-0.2, 0) is 0 Å². The summed E-state index contributed by atoms with van der Waals surface area (Å²) in [7, 11) is 0. The van der Waals surface area contributed by atoms with Crippen LogP contribution in [0.4, 0.5) is 0 Å². The molecule has 0 aliphatic rings. The molecule has 0 fully saturated rings. The molecular weight excluding hydrogens is 184 g/mol. The molecule has 0 saturated heterocycles. The van der Waals surface area contributed by atoms with Crippen molar-refractivity contribution in [1.29, 1.82) is 0 Å². The Hall–Kier alpha value is 0.700. The first-order chi connectivity index (χ1) is 5.45. The highest BCUT2D eigenvalue weighted by Crippen LogP contribution is 2.33. The van der Waals surface area contributed by atoms with Crippen molar-refractivity contribution in [3.05, 3.63) is 6.92 Å². The van der Waals surface area contributed by atoms with Crippen LogP contribution < -0.4 is 0 Å². The summed E-state index contributed by atoms with van der Waals surface area (Å²) in [5.41, 5.74) is 0. The monoisotopic (exact) mass is 205 g/mol. The highest BCUT2D eigenvalue weighted by atomic mass is 32.2. The maximum Gasteiger partial charge on any atom is 0.0508 e. The Labute approximate surface area is 86.3 Å². The summed E-state index contributed by atoms with van der Waals surface area (Å²) in [5, 5.41) is 0. The van der Waals surface area contributed by atoms with Gasteiger partial charge in [-0.3, -0.25) is 0 Å². The van der Waals surface area contributed by atoms with Crippen molar-refractivity contribution in [2.75, 3.05) is 5.75 Å². The van der Waals surface area contributed by atoms with Gasteiger partial charge in [0.05, 0.1) is 4.58 Å². The average Bonchev–Trinajstić information content (AvgIpc) is 1.84. The van der Waals surface area contributed by atoms with Crippen LogP contribution in [0.15, 0.2) is 0 Å². The van der Waals surface area contributed by atoms with E-state index in [0.717, 1.165) is 0 Å². The summed E-state index contributed by atoms with van der Waals surface area (Å²) in [6.07, 6.45) is 2.61. The third-order valence-electron chi connectivity index (χ3n) is 1.29. The SMILES string of the molecule is [CH2]C(SCCCC)SC(C)(C)C. The van der Waals surface area contributed by atoms with Gasteiger partial charge in [-0.05, 0) is 19.1 Å². The molecule has 0 heterocycles. The fraction of sp³-hybridized carbons (Fsp3) is 0.900. The molecule has 0 rings (SSSR count). The average molecular weight is 205 g/mol. The Morgan fingerprint density at radius 1 is 1.33 bits per heavy atom. The normalized spacial score (nSPS) is 14.8. The quantitative estimate of drug-likeness (QED) is 0.487. The molecular formula is C10H21S2. The third kappa shape index (κ3) is 8.79. The van der Waals surface area contributed by atoms with Gasteiger partial charge in [-0.1, -0.05) is 34.1 Å². The van der Waals surface area contributed by atoms with Crippen LogP contribution in [0.25, 0.3) is 0 Å². The molecule has 73 valence electrons. The molecule has 0 bridgehead atoms.